The zero-order valence-electron chi connectivity index (χ0n) is 14.1. The molecule has 6 N–H and O–H groups in total. The van der Waals surface area contributed by atoms with Gasteiger partial charge in [0, 0.05) is 39.3 Å². The van der Waals surface area contributed by atoms with Crippen LogP contribution in [0.1, 0.15) is 11.1 Å². The van der Waals surface area contributed by atoms with Crippen LogP contribution < -0.4 is 0 Å². The summed E-state index contributed by atoms with van der Waals surface area (Å²) in [5.74, 6) is -2.40. The van der Waals surface area contributed by atoms with Crippen molar-refractivity contribution in [2.45, 2.75) is 13.1 Å². The van der Waals surface area contributed by atoms with Crippen LogP contribution in [0.2, 0.25) is 0 Å². The van der Waals surface area contributed by atoms with Gasteiger partial charge in [-0.1, -0.05) is 0 Å². The summed E-state index contributed by atoms with van der Waals surface area (Å²) in [6.07, 6.45) is 0. The summed E-state index contributed by atoms with van der Waals surface area (Å²) in [6, 6.07) is 5.74. The maximum Gasteiger partial charge on any atom is 0.200 e. The first-order valence-corrected chi connectivity index (χ1v) is 8.26. The number of nitrogens with zero attached hydrogens (tertiary/aromatic N) is 2. The molecule has 8 heteroatoms. The molecule has 0 saturated carbocycles. The molecular formula is C18H22N2O6. The van der Waals surface area contributed by atoms with Crippen molar-refractivity contribution in [1.82, 2.24) is 9.80 Å². The standard InChI is InChI=1S/C18H22N2O6/c21-13-5-11(6-14(22)17(13)25)9-19-1-2-20(4-3-19)10-12-7-15(23)18(26)16(24)8-12/h5-8,21-26H,1-4,9-10H2. The molecule has 1 fully saturated rings. The Hall–Kier alpha value is -2.84. The topological polar surface area (TPSA) is 128 Å². The lowest BCUT2D eigenvalue weighted by Gasteiger charge is -2.34. The summed E-state index contributed by atoms with van der Waals surface area (Å²) in [5.41, 5.74) is 1.42. The monoisotopic (exact) mass is 362 g/mol. The maximum atomic E-state index is 9.59. The van der Waals surface area contributed by atoms with Gasteiger partial charge in [0.1, 0.15) is 0 Å². The number of phenolic OH excluding ortho intramolecular Hbond substituents is 6. The molecule has 0 amide bonds. The minimum absolute atomic E-state index is 0.342. The van der Waals surface area contributed by atoms with Gasteiger partial charge < -0.3 is 30.6 Å². The Morgan fingerprint density at radius 1 is 0.538 bits per heavy atom. The predicted molar refractivity (Wildman–Crippen MR) is 93.4 cm³/mol. The maximum absolute atomic E-state index is 9.59. The molecule has 8 nitrogen and oxygen atoms in total. The number of rotatable bonds is 4. The van der Waals surface area contributed by atoms with E-state index in [4.69, 9.17) is 0 Å². The van der Waals surface area contributed by atoms with Crippen LogP contribution in [-0.4, -0.2) is 66.6 Å². The minimum atomic E-state index is -0.515. The van der Waals surface area contributed by atoms with E-state index in [0.717, 1.165) is 26.2 Å². The van der Waals surface area contributed by atoms with Gasteiger partial charge in [-0.25, -0.2) is 0 Å². The molecule has 0 spiro atoms. The molecular weight excluding hydrogens is 340 g/mol. The molecule has 0 aliphatic carbocycles. The van der Waals surface area contributed by atoms with Gasteiger partial charge in [-0.05, 0) is 35.4 Å². The second kappa shape index (κ2) is 7.19. The molecule has 26 heavy (non-hydrogen) atoms. The second-order valence-corrected chi connectivity index (χ2v) is 6.52. The molecule has 0 aromatic heterocycles. The molecule has 3 rings (SSSR count). The van der Waals surface area contributed by atoms with Crippen molar-refractivity contribution in [1.29, 1.82) is 0 Å². The lowest BCUT2D eigenvalue weighted by atomic mass is 10.1. The van der Waals surface area contributed by atoms with Crippen molar-refractivity contribution in [3.8, 4) is 34.5 Å². The van der Waals surface area contributed by atoms with Crippen molar-refractivity contribution in [2.75, 3.05) is 26.2 Å². The fourth-order valence-electron chi connectivity index (χ4n) is 3.13. The molecule has 0 atom stereocenters. The number of phenols is 6. The van der Waals surface area contributed by atoms with Crippen molar-refractivity contribution in [2.24, 2.45) is 0 Å². The first kappa shape index (κ1) is 18.0. The van der Waals surface area contributed by atoms with E-state index in [-0.39, 0.29) is 23.0 Å². The van der Waals surface area contributed by atoms with Gasteiger partial charge in [0.15, 0.2) is 34.5 Å². The molecule has 1 heterocycles. The van der Waals surface area contributed by atoms with Crippen LogP contribution in [0.15, 0.2) is 24.3 Å². The second-order valence-electron chi connectivity index (χ2n) is 6.52. The molecule has 1 saturated heterocycles. The number of hydrogen-bond donors (Lipinski definition) is 6. The van der Waals surface area contributed by atoms with E-state index < -0.39 is 11.5 Å². The molecule has 140 valence electrons. The quantitative estimate of drug-likeness (QED) is 0.448. The third kappa shape index (κ3) is 3.87. The molecule has 0 unspecified atom stereocenters. The van der Waals surface area contributed by atoms with Crippen LogP contribution in [0.4, 0.5) is 0 Å². The highest BCUT2D eigenvalue weighted by atomic mass is 16.3. The average molecular weight is 362 g/mol. The highest BCUT2D eigenvalue weighted by Gasteiger charge is 2.19. The lowest BCUT2D eigenvalue weighted by molar-refractivity contribution is 0.121. The fraction of sp³-hybridized carbons (Fsp3) is 0.333. The first-order chi connectivity index (χ1) is 12.3. The van der Waals surface area contributed by atoms with Crippen LogP contribution in [0.25, 0.3) is 0 Å². The van der Waals surface area contributed by atoms with Crippen molar-refractivity contribution in [3.05, 3.63) is 35.4 Å². The van der Waals surface area contributed by atoms with Crippen LogP contribution in [-0.2, 0) is 13.1 Å². The Labute approximate surface area is 150 Å². The minimum Gasteiger partial charge on any atom is -0.504 e. The summed E-state index contributed by atoms with van der Waals surface area (Å²) in [7, 11) is 0. The van der Waals surface area contributed by atoms with E-state index in [1.807, 2.05) is 0 Å². The zero-order valence-corrected chi connectivity index (χ0v) is 14.1. The van der Waals surface area contributed by atoms with E-state index >= 15 is 0 Å². The Kier molecular flexibility index (Phi) is 4.97. The lowest BCUT2D eigenvalue weighted by Crippen LogP contribution is -2.45. The Bertz CT molecular complexity index is 689. The summed E-state index contributed by atoms with van der Waals surface area (Å²) in [5, 5.41) is 57.1. The van der Waals surface area contributed by atoms with Gasteiger partial charge in [-0.15, -0.1) is 0 Å². The highest BCUT2D eigenvalue weighted by molar-refractivity contribution is 5.51. The predicted octanol–water partition coefficient (Wildman–Crippen LogP) is 1.24. The third-order valence-electron chi connectivity index (χ3n) is 4.54. The number of aromatic hydroxyl groups is 6. The number of hydrogen-bond acceptors (Lipinski definition) is 8. The summed E-state index contributed by atoms with van der Waals surface area (Å²) >= 11 is 0. The first-order valence-electron chi connectivity index (χ1n) is 8.26. The molecule has 0 bridgehead atoms. The largest absolute Gasteiger partial charge is 0.504 e. The van der Waals surface area contributed by atoms with Gasteiger partial charge in [0.05, 0.1) is 0 Å². The molecule has 1 aliphatic heterocycles. The SMILES string of the molecule is Oc1cc(CN2CCN(Cc3cc(O)c(O)c(O)c3)CC2)cc(O)c1O. The van der Waals surface area contributed by atoms with Crippen LogP contribution in [0.3, 0.4) is 0 Å². The smallest absolute Gasteiger partial charge is 0.200 e. The number of piperazine rings is 1. The van der Waals surface area contributed by atoms with E-state index in [1.165, 1.54) is 24.3 Å². The van der Waals surface area contributed by atoms with Gasteiger partial charge in [0.25, 0.3) is 0 Å². The molecule has 2 aromatic carbocycles. The highest BCUT2D eigenvalue weighted by Crippen LogP contribution is 2.36. The number of benzene rings is 2. The van der Waals surface area contributed by atoms with Gasteiger partial charge in [-0.2, -0.15) is 0 Å². The average Bonchev–Trinajstić information content (AvgIpc) is 2.59. The zero-order chi connectivity index (χ0) is 18.8. The van der Waals surface area contributed by atoms with Crippen LogP contribution >= 0.6 is 0 Å². The molecule has 1 aliphatic rings. The third-order valence-corrected chi connectivity index (χ3v) is 4.54. The van der Waals surface area contributed by atoms with E-state index in [0.29, 0.717) is 24.2 Å². The van der Waals surface area contributed by atoms with E-state index in [9.17, 15) is 30.6 Å². The fourth-order valence-corrected chi connectivity index (χ4v) is 3.13. The Balaban J connectivity index is 1.56. The van der Waals surface area contributed by atoms with E-state index in [2.05, 4.69) is 9.80 Å². The van der Waals surface area contributed by atoms with Gasteiger partial charge >= 0.3 is 0 Å². The molecule has 2 aromatic rings. The van der Waals surface area contributed by atoms with Crippen molar-refractivity contribution in [3.63, 3.8) is 0 Å². The normalized spacial score (nSPS) is 16.0. The van der Waals surface area contributed by atoms with Crippen molar-refractivity contribution < 1.29 is 30.6 Å². The summed E-state index contributed by atoms with van der Waals surface area (Å²) < 4.78 is 0. The Morgan fingerprint density at radius 2 is 0.808 bits per heavy atom. The summed E-state index contributed by atoms with van der Waals surface area (Å²) in [4.78, 5) is 4.32. The van der Waals surface area contributed by atoms with Crippen LogP contribution in [0, 0.1) is 0 Å². The van der Waals surface area contributed by atoms with Crippen LogP contribution in [0.5, 0.6) is 34.5 Å². The van der Waals surface area contributed by atoms with E-state index in [1.54, 1.807) is 0 Å². The molecule has 0 radical (unpaired) electrons. The summed E-state index contributed by atoms with van der Waals surface area (Å²) in [6.45, 7) is 4.12. The van der Waals surface area contributed by atoms with Crippen molar-refractivity contribution >= 4 is 0 Å². The van der Waals surface area contributed by atoms with Gasteiger partial charge in [-0.3, -0.25) is 9.80 Å². The Morgan fingerprint density at radius 3 is 1.08 bits per heavy atom. The van der Waals surface area contributed by atoms with Gasteiger partial charge in [0.2, 0.25) is 0 Å².